The Morgan fingerprint density at radius 1 is 0.243 bits per heavy atom. The van der Waals surface area contributed by atoms with E-state index in [1.807, 2.05) is 0 Å². The van der Waals surface area contributed by atoms with Gasteiger partial charge in [0.2, 0.25) is 0 Å². The average Bonchev–Trinajstić information content (AvgIpc) is 1.61. The molecule has 17 aromatic rings. The highest BCUT2D eigenvalue weighted by atomic mass is 15.0. The molecule has 0 saturated carbocycles. The molecule has 111 heavy (non-hydrogen) atoms. The molecule has 16 aromatic carbocycles. The molecule has 524 valence electrons. The van der Waals surface area contributed by atoms with Crippen molar-refractivity contribution < 1.29 is 0 Å². The normalized spacial score (nSPS) is 16.1. The summed E-state index contributed by atoms with van der Waals surface area (Å²) in [6, 6.07) is 120. The van der Waals surface area contributed by atoms with Gasteiger partial charge in [0.25, 0.3) is 0 Å². The fourth-order valence-corrected chi connectivity index (χ4v) is 20.3. The predicted molar refractivity (Wildman–Crippen MR) is 463 cm³/mol. The Morgan fingerprint density at radius 3 is 0.937 bits per heavy atom. The van der Waals surface area contributed by atoms with Crippen LogP contribution in [-0.4, -0.2) is 15.0 Å². The summed E-state index contributed by atoms with van der Waals surface area (Å²) in [4.78, 5) is 17.1. The lowest BCUT2D eigenvalue weighted by atomic mass is 9.65. The van der Waals surface area contributed by atoms with E-state index in [1.54, 1.807) is 0 Å². The number of allylic oxidation sites excluding steroid dienone is 5. The second kappa shape index (κ2) is 24.4. The van der Waals surface area contributed by atoms with Gasteiger partial charge in [-0.05, 0) is 242 Å². The van der Waals surface area contributed by atoms with Crippen LogP contribution in [0.5, 0.6) is 0 Å². The Kier molecular flexibility index (Phi) is 14.3. The number of aromatic nitrogens is 3. The first-order valence-electron chi connectivity index (χ1n) is 39.2. The average molecular weight is 1420 g/mol. The first kappa shape index (κ1) is 64.9. The zero-order valence-corrected chi connectivity index (χ0v) is 62.9. The van der Waals surface area contributed by atoms with Gasteiger partial charge in [-0.2, -0.15) is 0 Å². The maximum Gasteiger partial charge on any atom is 0.164 e. The summed E-state index contributed by atoms with van der Waals surface area (Å²) >= 11 is 0. The van der Waals surface area contributed by atoms with Crippen molar-refractivity contribution in [1.29, 1.82) is 0 Å². The van der Waals surface area contributed by atoms with Crippen LogP contribution in [-0.2, 0) is 16.2 Å². The second-order valence-electron chi connectivity index (χ2n) is 32.7. The maximum atomic E-state index is 5.71. The van der Waals surface area contributed by atoms with E-state index in [0.717, 1.165) is 16.7 Å². The molecule has 1 aromatic heterocycles. The number of nitrogens with zero attached hydrogens (tertiary/aromatic N) is 3. The zero-order valence-electron chi connectivity index (χ0n) is 62.9. The zero-order chi connectivity index (χ0) is 74.2. The molecule has 0 radical (unpaired) electrons. The molecule has 1 heterocycles. The minimum absolute atomic E-state index is 0.127. The predicted octanol–water partition coefficient (Wildman–Crippen LogP) is 27.8. The first-order valence-corrected chi connectivity index (χ1v) is 39.2. The smallest absolute Gasteiger partial charge is 0.164 e. The van der Waals surface area contributed by atoms with Gasteiger partial charge >= 0.3 is 0 Å². The van der Waals surface area contributed by atoms with Crippen LogP contribution >= 0.6 is 0 Å². The number of rotatable bonds is 9. The molecule has 0 amide bonds. The van der Waals surface area contributed by atoms with Crippen LogP contribution in [0.4, 0.5) is 0 Å². The molecule has 0 aliphatic heterocycles. The van der Waals surface area contributed by atoms with Crippen LogP contribution in [0.1, 0.15) is 103 Å². The van der Waals surface area contributed by atoms with Crippen molar-refractivity contribution in [3.05, 3.63) is 407 Å². The number of hydrogen-bond acceptors (Lipinski definition) is 3. The van der Waals surface area contributed by atoms with Crippen molar-refractivity contribution in [3.63, 3.8) is 0 Å². The van der Waals surface area contributed by atoms with Crippen molar-refractivity contribution >= 4 is 48.7 Å². The van der Waals surface area contributed by atoms with Crippen LogP contribution in [0, 0.1) is 5.92 Å². The van der Waals surface area contributed by atoms with Crippen LogP contribution in [0.25, 0.3) is 161 Å². The molecular formula is C108H77N3. The first-order chi connectivity index (χ1) is 54.3. The van der Waals surface area contributed by atoms with Gasteiger partial charge in [0.15, 0.2) is 17.5 Å². The molecule has 2 atom stereocenters. The second-order valence-corrected chi connectivity index (χ2v) is 32.7. The summed E-state index contributed by atoms with van der Waals surface area (Å²) in [5.41, 5.74) is 34.6. The van der Waals surface area contributed by atoms with Crippen molar-refractivity contribution in [1.82, 2.24) is 15.0 Å². The van der Waals surface area contributed by atoms with E-state index < -0.39 is 10.8 Å². The van der Waals surface area contributed by atoms with Gasteiger partial charge < -0.3 is 0 Å². The van der Waals surface area contributed by atoms with E-state index in [2.05, 4.69) is 387 Å². The third-order valence-corrected chi connectivity index (χ3v) is 25.7. The molecule has 3 heteroatoms. The Hall–Kier alpha value is -13.2. The monoisotopic (exact) mass is 1420 g/mol. The Balaban J connectivity index is 0.729. The van der Waals surface area contributed by atoms with Crippen LogP contribution in [0.3, 0.4) is 0 Å². The molecule has 0 spiro atoms. The number of fused-ring (bicyclic) bond motifs is 15. The lowest BCUT2D eigenvalue weighted by Crippen LogP contribution is -2.24. The van der Waals surface area contributed by atoms with E-state index in [4.69, 9.17) is 15.0 Å². The van der Waals surface area contributed by atoms with E-state index in [1.165, 1.54) is 188 Å². The van der Waals surface area contributed by atoms with Gasteiger partial charge in [-0.25, -0.2) is 15.0 Å². The van der Waals surface area contributed by atoms with Crippen molar-refractivity contribution in [2.45, 2.75) is 63.7 Å². The summed E-state index contributed by atoms with van der Waals surface area (Å²) in [5, 5.41) is 9.97. The van der Waals surface area contributed by atoms with Crippen LogP contribution in [0.15, 0.2) is 351 Å². The van der Waals surface area contributed by atoms with Crippen molar-refractivity contribution in [2.24, 2.45) is 5.92 Å². The van der Waals surface area contributed by atoms with Crippen LogP contribution < -0.4 is 0 Å². The molecular weight excluding hydrogens is 1340 g/mol. The molecule has 3 nitrogen and oxygen atoms in total. The SMILES string of the molecule is CC1(C)c2cc(-c3nc(-c4ccc5c(c4)C(C)(C)c4cc6c(-c7ccccc7)c7ccccc7c(-c7ccccc7)c6cc4-5)nc(-c4ccc5c(c4)C(C)(C)c4cc6c(-c7ccccc7)c7ccccc7c(-c7ccccc7)c6cc4-5)n3)ccc2-c2cc3c(cc21)C(c1ccccc1)=C1C=CC=CC1C3c1ccccc1. The summed E-state index contributed by atoms with van der Waals surface area (Å²) in [6.07, 6.45) is 9.26. The maximum absolute atomic E-state index is 5.71. The Bertz CT molecular complexity index is 6630. The minimum atomic E-state index is -0.396. The summed E-state index contributed by atoms with van der Waals surface area (Å²) < 4.78 is 0. The van der Waals surface area contributed by atoms with Crippen LogP contribution in [0.2, 0.25) is 0 Å². The lowest BCUT2D eigenvalue weighted by Gasteiger charge is -2.38. The van der Waals surface area contributed by atoms with E-state index >= 15 is 0 Å². The summed E-state index contributed by atoms with van der Waals surface area (Å²) in [7, 11) is 0. The molecule has 2 unspecified atom stereocenters. The molecule has 0 N–H and O–H groups in total. The molecule has 0 saturated heterocycles. The van der Waals surface area contributed by atoms with E-state index in [-0.39, 0.29) is 17.3 Å². The Morgan fingerprint density at radius 2 is 0.559 bits per heavy atom. The quantitative estimate of drug-likeness (QED) is 0.135. The fraction of sp³-hybridized carbons (Fsp3) is 0.102. The number of hydrogen-bond donors (Lipinski definition) is 0. The highest BCUT2D eigenvalue weighted by Crippen LogP contribution is 2.60. The topological polar surface area (TPSA) is 38.7 Å². The van der Waals surface area contributed by atoms with Gasteiger partial charge in [-0.15, -0.1) is 0 Å². The van der Waals surface area contributed by atoms with E-state index in [9.17, 15) is 0 Å². The molecule has 22 rings (SSSR count). The highest BCUT2D eigenvalue weighted by molar-refractivity contribution is 6.24. The van der Waals surface area contributed by atoms with Gasteiger partial charge in [0.05, 0.1) is 0 Å². The molecule has 5 aliphatic rings. The van der Waals surface area contributed by atoms with Gasteiger partial charge in [-0.1, -0.05) is 333 Å². The molecule has 0 bridgehead atoms. The van der Waals surface area contributed by atoms with Crippen molar-refractivity contribution in [2.75, 3.05) is 0 Å². The van der Waals surface area contributed by atoms with E-state index in [0.29, 0.717) is 17.5 Å². The molecule has 5 aliphatic carbocycles. The number of benzene rings is 16. The minimum Gasteiger partial charge on any atom is -0.208 e. The van der Waals surface area contributed by atoms with Gasteiger partial charge in [0, 0.05) is 44.8 Å². The lowest BCUT2D eigenvalue weighted by molar-refractivity contribution is 0.641. The van der Waals surface area contributed by atoms with Gasteiger partial charge in [0.1, 0.15) is 0 Å². The third-order valence-electron chi connectivity index (χ3n) is 25.7. The summed E-state index contributed by atoms with van der Waals surface area (Å²) in [5.74, 6) is 2.21. The van der Waals surface area contributed by atoms with Gasteiger partial charge in [-0.3, -0.25) is 0 Å². The Labute approximate surface area is 648 Å². The fourth-order valence-electron chi connectivity index (χ4n) is 20.3. The summed E-state index contributed by atoms with van der Waals surface area (Å²) in [6.45, 7) is 14.5. The highest BCUT2D eigenvalue weighted by Gasteiger charge is 2.44. The molecule has 0 fully saturated rings. The standard InChI is InChI=1S/C108H77N3/c1-106(2)91-55-70(49-52-73(91)82-58-85-88(61-94(82)106)100(67-37-19-10-20-38-67)79-46-28-25-43-76(79)97(85)64-31-13-7-14-32-64)103-109-104(71-50-53-74-83-59-86-89(62-95(83)107(3,4)92(74)56-71)101(68-39-21-11-22-40-68)80-47-29-26-44-77(80)98(86)65-33-15-8-16-34-65)111-105(110-103)72-51-54-75-84-60-87-90(63-96(84)108(5,6)93(75)57-72)102(69-41-23-12-24-42-69)81-48-30-27-45-78(81)99(87)66-35-17-9-18-36-66/h7-63,76,97H,1-6H3. The van der Waals surface area contributed by atoms with Crippen molar-refractivity contribution in [3.8, 4) is 112 Å². The third kappa shape index (κ3) is 9.74. The largest absolute Gasteiger partial charge is 0.208 e.